The molecule has 6 rings (SSSR count). The van der Waals surface area contributed by atoms with Gasteiger partial charge >= 0.3 is 12.2 Å². The molecule has 1 aliphatic heterocycles. The Kier molecular flexibility index (Phi) is 3.61. The van der Waals surface area contributed by atoms with E-state index in [-0.39, 0.29) is 11.0 Å². The molecule has 0 N–H and O–H groups in total. The molecular weight excluding hydrogens is 403 g/mol. The molecule has 0 amide bonds. The largest absolute Gasteiger partial charge is 0.737 e. The highest BCUT2D eigenvalue weighted by Crippen LogP contribution is 2.32. The summed E-state index contributed by atoms with van der Waals surface area (Å²) in [6, 6.07) is 23.8. The number of aliphatic imine (C=N–C) groups is 1. The van der Waals surface area contributed by atoms with Crippen LogP contribution in [0.1, 0.15) is 5.56 Å². The van der Waals surface area contributed by atoms with E-state index in [0.717, 1.165) is 32.5 Å². The van der Waals surface area contributed by atoms with Crippen molar-refractivity contribution in [1.29, 1.82) is 0 Å². The number of nitrogens with zero attached hydrogens (tertiary/aromatic N) is 3. The van der Waals surface area contributed by atoms with Gasteiger partial charge in [0, 0.05) is 26.8 Å². The summed E-state index contributed by atoms with van der Waals surface area (Å²) in [6.45, 7) is 0. The number of aromatic nitrogens is 2. The highest BCUT2D eigenvalue weighted by molar-refractivity contribution is 7.13. The number of thiazole rings is 1. The SMILES string of the molecule is F[B-]1(F)OC(c2ccc(-n3c4ccccc4c4ccccc43)cc2)=Nc2scc[n+]21. The summed E-state index contributed by atoms with van der Waals surface area (Å²) >= 11 is 1.16. The Morgan fingerprint density at radius 1 is 0.867 bits per heavy atom. The molecule has 2 aromatic heterocycles. The molecule has 0 spiro atoms. The van der Waals surface area contributed by atoms with E-state index in [4.69, 9.17) is 4.65 Å². The van der Waals surface area contributed by atoms with Crippen LogP contribution in [0.15, 0.2) is 89.4 Å². The number of fused-ring (bicyclic) bond motifs is 4. The van der Waals surface area contributed by atoms with Gasteiger partial charge in [0.15, 0.2) is 0 Å². The van der Waals surface area contributed by atoms with Gasteiger partial charge in [0.05, 0.1) is 22.8 Å². The van der Waals surface area contributed by atoms with Crippen LogP contribution in [0.5, 0.6) is 0 Å². The van der Waals surface area contributed by atoms with E-state index in [1.165, 1.54) is 17.0 Å². The van der Waals surface area contributed by atoms with E-state index in [1.807, 2.05) is 36.4 Å². The van der Waals surface area contributed by atoms with E-state index >= 15 is 0 Å². The zero-order valence-electron chi connectivity index (χ0n) is 15.6. The second-order valence-electron chi connectivity index (χ2n) is 7.11. The summed E-state index contributed by atoms with van der Waals surface area (Å²) in [4.78, 5) is 4.27. The Morgan fingerprint density at radius 3 is 2.17 bits per heavy atom. The molecule has 0 saturated heterocycles. The Labute approximate surface area is 174 Å². The molecule has 1 aliphatic rings. The van der Waals surface area contributed by atoms with Crippen molar-refractivity contribution in [2.24, 2.45) is 4.99 Å². The van der Waals surface area contributed by atoms with Crippen molar-refractivity contribution in [3.63, 3.8) is 0 Å². The highest BCUT2D eigenvalue weighted by atomic mass is 32.1. The molecule has 0 fully saturated rings. The van der Waals surface area contributed by atoms with Crippen molar-refractivity contribution in [3.05, 3.63) is 89.9 Å². The highest BCUT2D eigenvalue weighted by Gasteiger charge is 2.47. The van der Waals surface area contributed by atoms with Crippen molar-refractivity contribution in [2.45, 2.75) is 0 Å². The molecule has 8 heteroatoms. The molecule has 0 unspecified atom stereocenters. The predicted molar refractivity (Wildman–Crippen MR) is 116 cm³/mol. The summed E-state index contributed by atoms with van der Waals surface area (Å²) in [5.41, 5.74) is 3.64. The lowest BCUT2D eigenvalue weighted by atomic mass is 10.0. The van der Waals surface area contributed by atoms with Gasteiger partial charge in [-0.2, -0.15) is 0 Å². The van der Waals surface area contributed by atoms with Gasteiger partial charge in [-0.05, 0) is 36.4 Å². The molecule has 3 heterocycles. The standard InChI is InChI=1S/C22H14BF2N3OS/c24-23(25)27-13-14-30-22(27)26-21(29-23)15-9-11-16(12-10-15)28-19-7-3-1-5-17(19)18-6-2-4-8-20(18)28/h1-14H. The van der Waals surface area contributed by atoms with Crippen molar-refractivity contribution in [1.82, 2.24) is 4.57 Å². The zero-order chi connectivity index (χ0) is 20.3. The Hall–Kier alpha value is -3.52. The maximum Gasteiger partial charge on any atom is 0.737 e. The molecule has 30 heavy (non-hydrogen) atoms. The second-order valence-corrected chi connectivity index (χ2v) is 7.98. The summed E-state index contributed by atoms with van der Waals surface area (Å²) in [5.74, 6) is -0.0591. The van der Waals surface area contributed by atoms with Crippen molar-refractivity contribution in [3.8, 4) is 5.69 Å². The van der Waals surface area contributed by atoms with Crippen LogP contribution in [0.3, 0.4) is 0 Å². The molecule has 0 bridgehead atoms. The molecule has 0 aliphatic carbocycles. The number of halogens is 2. The molecule has 146 valence electrons. The van der Waals surface area contributed by atoms with Crippen LogP contribution >= 0.6 is 11.3 Å². The van der Waals surface area contributed by atoms with Gasteiger partial charge in [-0.3, -0.25) is 0 Å². The summed E-state index contributed by atoms with van der Waals surface area (Å²) in [6.07, 6.45) is 1.30. The predicted octanol–water partition coefficient (Wildman–Crippen LogP) is 5.46. The van der Waals surface area contributed by atoms with Crippen LogP contribution in [0, 0.1) is 0 Å². The number of rotatable bonds is 2. The fourth-order valence-electron chi connectivity index (χ4n) is 3.99. The minimum Gasteiger partial charge on any atom is -0.590 e. The van der Waals surface area contributed by atoms with E-state index < -0.39 is 7.04 Å². The topological polar surface area (TPSA) is 30.4 Å². The molecule has 0 saturated carbocycles. The number of hydrogen-bond donors (Lipinski definition) is 0. The van der Waals surface area contributed by atoms with E-state index in [0.29, 0.717) is 5.56 Å². The first-order chi connectivity index (χ1) is 14.6. The molecule has 5 aromatic rings. The summed E-state index contributed by atoms with van der Waals surface area (Å²) in [7, 11) is -4.18. The maximum atomic E-state index is 14.3. The molecule has 0 atom stereocenters. The molecule has 0 radical (unpaired) electrons. The molecule has 4 nitrogen and oxygen atoms in total. The van der Waals surface area contributed by atoms with Crippen LogP contribution in [-0.4, -0.2) is 17.5 Å². The number of benzene rings is 3. The number of hydrogen-bond acceptors (Lipinski definition) is 3. The van der Waals surface area contributed by atoms with Crippen LogP contribution in [0.25, 0.3) is 27.5 Å². The molecule has 3 aromatic carbocycles. The van der Waals surface area contributed by atoms with Gasteiger partial charge in [-0.1, -0.05) is 47.7 Å². The van der Waals surface area contributed by atoms with E-state index in [2.05, 4.69) is 33.8 Å². The fourth-order valence-corrected chi connectivity index (χ4v) is 4.74. The Balaban J connectivity index is 1.48. The maximum absolute atomic E-state index is 14.3. The molecular formula is C22H14BF2N3OS. The lowest BCUT2D eigenvalue weighted by Crippen LogP contribution is -2.62. The van der Waals surface area contributed by atoms with Crippen molar-refractivity contribution in [2.75, 3.05) is 0 Å². The van der Waals surface area contributed by atoms with Gasteiger partial charge in [-0.15, -0.1) is 0 Å². The van der Waals surface area contributed by atoms with Crippen LogP contribution < -0.4 is 4.48 Å². The van der Waals surface area contributed by atoms with Crippen LogP contribution in [0.2, 0.25) is 0 Å². The van der Waals surface area contributed by atoms with Crippen molar-refractivity contribution < 1.29 is 17.8 Å². The first-order valence-electron chi connectivity index (χ1n) is 9.48. The average Bonchev–Trinajstić information content (AvgIpc) is 3.37. The van der Waals surface area contributed by atoms with Crippen LogP contribution in [0.4, 0.5) is 13.8 Å². The van der Waals surface area contributed by atoms with Gasteiger partial charge in [0.1, 0.15) is 0 Å². The van der Waals surface area contributed by atoms with Gasteiger partial charge in [0.25, 0.3) is 5.90 Å². The Morgan fingerprint density at radius 2 is 1.50 bits per heavy atom. The lowest BCUT2D eigenvalue weighted by molar-refractivity contribution is -0.563. The smallest absolute Gasteiger partial charge is 0.590 e. The van der Waals surface area contributed by atoms with Gasteiger partial charge < -0.3 is 22.3 Å². The normalized spacial score (nSPS) is 15.1. The third-order valence-corrected chi connectivity index (χ3v) is 6.11. The second kappa shape index (κ2) is 6.24. The van der Waals surface area contributed by atoms with Gasteiger partial charge in [-0.25, -0.2) is 0 Å². The average molecular weight is 417 g/mol. The van der Waals surface area contributed by atoms with Crippen molar-refractivity contribution >= 4 is 51.2 Å². The first-order valence-corrected chi connectivity index (χ1v) is 10.4. The summed E-state index contributed by atoms with van der Waals surface area (Å²) in [5, 5.41) is 4.14. The quantitative estimate of drug-likeness (QED) is 0.351. The van der Waals surface area contributed by atoms with E-state index in [1.54, 1.807) is 17.5 Å². The third kappa shape index (κ3) is 2.50. The summed E-state index contributed by atoms with van der Waals surface area (Å²) < 4.78 is 36.6. The minimum absolute atomic E-state index is 0.0591. The Bertz CT molecular complexity index is 1400. The first kappa shape index (κ1) is 17.4. The van der Waals surface area contributed by atoms with Crippen LogP contribution in [-0.2, 0) is 4.65 Å². The monoisotopic (exact) mass is 417 g/mol. The van der Waals surface area contributed by atoms with E-state index in [9.17, 15) is 8.63 Å². The zero-order valence-corrected chi connectivity index (χ0v) is 16.4. The lowest BCUT2D eigenvalue weighted by Gasteiger charge is -2.25. The number of para-hydroxylation sites is 2. The third-order valence-electron chi connectivity index (χ3n) is 5.34. The minimum atomic E-state index is -4.18. The van der Waals surface area contributed by atoms with Gasteiger partial charge in [0.2, 0.25) is 0 Å². The fraction of sp³-hybridized carbons (Fsp3) is 0.